The van der Waals surface area contributed by atoms with Crippen molar-refractivity contribution in [3.8, 4) is 5.75 Å². The highest BCUT2D eigenvalue weighted by molar-refractivity contribution is 6.38. The maximum atomic E-state index is 14.0. The zero-order valence-corrected chi connectivity index (χ0v) is 18.7. The molecule has 2 atom stereocenters. The van der Waals surface area contributed by atoms with Crippen molar-refractivity contribution in [2.75, 3.05) is 11.5 Å². The van der Waals surface area contributed by atoms with E-state index >= 15 is 0 Å². The first kappa shape index (κ1) is 19.8. The van der Waals surface area contributed by atoms with Crippen LogP contribution in [-0.4, -0.2) is 18.4 Å². The van der Waals surface area contributed by atoms with E-state index < -0.39 is 21.6 Å². The van der Waals surface area contributed by atoms with Crippen LogP contribution < -0.4 is 9.64 Å². The maximum Gasteiger partial charge on any atom is 0.240 e. The first-order chi connectivity index (χ1) is 15.5. The number of benzene rings is 3. The summed E-state index contributed by atoms with van der Waals surface area (Å²) in [4.78, 5) is 26.8. The summed E-state index contributed by atoms with van der Waals surface area (Å²) in [7, 11) is 0. The van der Waals surface area contributed by atoms with Gasteiger partial charge in [-0.3, -0.25) is 9.59 Å². The van der Waals surface area contributed by atoms with Crippen molar-refractivity contribution in [1.82, 2.24) is 0 Å². The van der Waals surface area contributed by atoms with Crippen LogP contribution in [0.15, 0.2) is 72.8 Å². The second-order valence-corrected chi connectivity index (χ2v) is 9.58. The molecule has 0 saturated carbocycles. The number of halogens is 2. The summed E-state index contributed by atoms with van der Waals surface area (Å²) in [5.74, 6) is -1.88. The molecule has 4 aliphatic rings. The Balaban J connectivity index is 1.63. The van der Waals surface area contributed by atoms with E-state index in [9.17, 15) is 9.59 Å². The second-order valence-electron chi connectivity index (χ2n) is 8.38. The van der Waals surface area contributed by atoms with Gasteiger partial charge in [-0.1, -0.05) is 60.7 Å². The molecule has 3 aromatic rings. The van der Waals surface area contributed by atoms with E-state index in [0.717, 1.165) is 22.3 Å². The molecule has 1 heterocycles. The number of anilines is 1. The molecule has 7 rings (SSSR count). The molecule has 2 amide bonds. The minimum atomic E-state index is -1.18. The van der Waals surface area contributed by atoms with Gasteiger partial charge in [0.05, 0.1) is 24.1 Å². The molecule has 3 aliphatic carbocycles. The Labute approximate surface area is 195 Å². The average Bonchev–Trinajstić information content (AvgIpc) is 3.09. The van der Waals surface area contributed by atoms with Crippen molar-refractivity contribution in [1.29, 1.82) is 0 Å². The number of nitrogens with zero attached hydrogens (tertiary/aromatic N) is 1. The average molecular weight is 464 g/mol. The Morgan fingerprint density at radius 1 is 0.750 bits per heavy atom. The van der Waals surface area contributed by atoms with Gasteiger partial charge in [0, 0.05) is 0 Å². The lowest BCUT2D eigenvalue weighted by molar-refractivity contribution is -0.122. The monoisotopic (exact) mass is 463 g/mol. The zero-order valence-electron chi connectivity index (χ0n) is 17.2. The summed E-state index contributed by atoms with van der Waals surface area (Å²) in [5, 5.41) is 0. The van der Waals surface area contributed by atoms with Crippen LogP contribution in [0, 0.1) is 11.8 Å². The minimum absolute atomic E-state index is 0.351. The zero-order chi connectivity index (χ0) is 22.3. The van der Waals surface area contributed by atoms with Crippen molar-refractivity contribution in [2.45, 2.75) is 16.7 Å². The van der Waals surface area contributed by atoms with Gasteiger partial charge in [0.15, 0.2) is 0 Å². The highest BCUT2D eigenvalue weighted by Crippen LogP contribution is 2.69. The van der Waals surface area contributed by atoms with Crippen molar-refractivity contribution >= 4 is 40.7 Å². The highest BCUT2D eigenvalue weighted by atomic mass is 35.5. The minimum Gasteiger partial charge on any atom is -0.492 e. The predicted molar refractivity (Wildman–Crippen MR) is 123 cm³/mol. The molecule has 3 aromatic carbocycles. The van der Waals surface area contributed by atoms with Crippen molar-refractivity contribution < 1.29 is 14.3 Å². The largest absolute Gasteiger partial charge is 0.492 e. The van der Waals surface area contributed by atoms with Gasteiger partial charge >= 0.3 is 0 Å². The molecule has 1 saturated heterocycles. The number of imide groups is 1. The van der Waals surface area contributed by atoms with Crippen LogP contribution >= 0.6 is 23.2 Å². The fourth-order valence-electron chi connectivity index (χ4n) is 5.82. The SMILES string of the molecule is CCOc1ccccc1N1C(=O)[C@@H]2[C@@H](C1=O)C1(Cl)c3ccccc3C2(Cl)c2ccccc21. The molecule has 1 fully saturated rings. The normalized spacial score (nSPS) is 29.5. The molecule has 6 heteroatoms. The molecule has 2 bridgehead atoms. The second kappa shape index (κ2) is 6.60. The van der Waals surface area contributed by atoms with E-state index in [0.29, 0.717) is 18.0 Å². The van der Waals surface area contributed by atoms with Crippen LogP contribution in [0.5, 0.6) is 5.75 Å². The summed E-state index contributed by atoms with van der Waals surface area (Å²) in [5.41, 5.74) is 3.58. The van der Waals surface area contributed by atoms with Crippen LogP contribution in [0.3, 0.4) is 0 Å². The van der Waals surface area contributed by atoms with Gasteiger partial charge in [-0.25, -0.2) is 4.90 Å². The van der Waals surface area contributed by atoms with E-state index in [1.54, 1.807) is 18.2 Å². The molecule has 4 nitrogen and oxygen atoms in total. The lowest BCUT2D eigenvalue weighted by Crippen LogP contribution is -2.57. The van der Waals surface area contributed by atoms with Crippen LogP contribution in [0.4, 0.5) is 5.69 Å². The number of hydrogen-bond donors (Lipinski definition) is 0. The number of rotatable bonds is 3. The Morgan fingerprint density at radius 3 is 1.59 bits per heavy atom. The predicted octanol–water partition coefficient (Wildman–Crippen LogP) is 5.18. The molecule has 1 aliphatic heterocycles. The van der Waals surface area contributed by atoms with Crippen LogP contribution in [0.1, 0.15) is 29.2 Å². The smallest absolute Gasteiger partial charge is 0.240 e. The molecule has 0 N–H and O–H groups in total. The van der Waals surface area contributed by atoms with Gasteiger partial charge in [-0.05, 0) is 41.3 Å². The first-order valence-electron chi connectivity index (χ1n) is 10.6. The van der Waals surface area contributed by atoms with Crippen LogP contribution in [0.25, 0.3) is 0 Å². The molecule has 160 valence electrons. The Morgan fingerprint density at radius 2 is 1.16 bits per heavy atom. The standard InChI is InChI=1S/C26H19Cl2NO3/c1-2-32-20-14-8-7-13-19(20)29-23(30)21-22(24(29)31)26(28)16-10-4-3-9-15(16)25(21,27)17-11-5-6-12-18(17)26/h3-14,21-22H,2H2,1H3/t21-,22-,25?,26?/m0/s1. The third kappa shape index (κ3) is 2.15. The molecular weight excluding hydrogens is 445 g/mol. The van der Waals surface area contributed by atoms with Crippen LogP contribution in [-0.2, 0) is 19.3 Å². The number of para-hydroxylation sites is 2. The summed E-state index contributed by atoms with van der Waals surface area (Å²) in [6.45, 7) is 2.27. The van der Waals surface area contributed by atoms with Crippen molar-refractivity contribution in [3.63, 3.8) is 0 Å². The van der Waals surface area contributed by atoms with E-state index in [-0.39, 0.29) is 11.8 Å². The van der Waals surface area contributed by atoms with Gasteiger partial charge in [0.25, 0.3) is 0 Å². The Bertz CT molecular complexity index is 1180. The lowest BCUT2D eigenvalue weighted by Gasteiger charge is -2.54. The van der Waals surface area contributed by atoms with E-state index in [2.05, 4.69) is 0 Å². The number of carbonyl (C=O) groups excluding carboxylic acids is 2. The van der Waals surface area contributed by atoms with Gasteiger partial charge in [0.2, 0.25) is 11.8 Å². The number of alkyl halides is 2. The summed E-state index contributed by atoms with van der Waals surface area (Å²) < 4.78 is 5.73. The number of hydrogen-bond acceptors (Lipinski definition) is 3. The maximum absolute atomic E-state index is 14.0. The Hall–Kier alpha value is -2.82. The van der Waals surface area contributed by atoms with E-state index in [4.69, 9.17) is 27.9 Å². The quantitative estimate of drug-likeness (QED) is 0.396. The summed E-state index contributed by atoms with van der Waals surface area (Å²) in [6.07, 6.45) is 0. The van der Waals surface area contributed by atoms with Gasteiger partial charge in [-0.2, -0.15) is 0 Å². The highest BCUT2D eigenvalue weighted by Gasteiger charge is 2.73. The molecule has 0 unspecified atom stereocenters. The number of ether oxygens (including phenoxy) is 1. The van der Waals surface area contributed by atoms with Gasteiger partial charge < -0.3 is 4.74 Å². The van der Waals surface area contributed by atoms with E-state index in [1.807, 2.05) is 61.5 Å². The van der Waals surface area contributed by atoms with Crippen molar-refractivity contribution in [3.05, 3.63) is 95.1 Å². The third-order valence-electron chi connectivity index (χ3n) is 6.99. The molecular formula is C26H19Cl2NO3. The fraction of sp³-hybridized carbons (Fsp3) is 0.231. The van der Waals surface area contributed by atoms with Gasteiger partial charge in [0.1, 0.15) is 15.5 Å². The molecule has 0 radical (unpaired) electrons. The van der Waals surface area contributed by atoms with E-state index in [1.165, 1.54) is 4.90 Å². The van der Waals surface area contributed by atoms with Crippen LogP contribution in [0.2, 0.25) is 0 Å². The Kier molecular flexibility index (Phi) is 4.09. The number of amides is 2. The number of carbonyl (C=O) groups is 2. The summed E-state index contributed by atoms with van der Waals surface area (Å²) in [6, 6.07) is 22.3. The van der Waals surface area contributed by atoms with Crippen molar-refractivity contribution in [2.24, 2.45) is 11.8 Å². The third-order valence-corrected chi connectivity index (χ3v) is 8.28. The van der Waals surface area contributed by atoms with Gasteiger partial charge in [-0.15, -0.1) is 23.2 Å². The topological polar surface area (TPSA) is 46.6 Å². The first-order valence-corrected chi connectivity index (χ1v) is 11.4. The fourth-order valence-corrected chi connectivity index (χ4v) is 6.92. The summed E-state index contributed by atoms with van der Waals surface area (Å²) >= 11 is 14.9. The molecule has 0 aromatic heterocycles. The lowest BCUT2D eigenvalue weighted by atomic mass is 9.54. The molecule has 32 heavy (non-hydrogen) atoms. The molecule has 0 spiro atoms.